The predicted octanol–water partition coefficient (Wildman–Crippen LogP) is 1.65. The van der Waals surface area contributed by atoms with Crippen LogP contribution in [-0.4, -0.2) is 35.6 Å². The molecule has 19 heavy (non-hydrogen) atoms. The van der Waals surface area contributed by atoms with Crippen molar-refractivity contribution >= 4 is 23.5 Å². The van der Waals surface area contributed by atoms with E-state index in [-0.39, 0.29) is 17.6 Å². The number of rotatable bonds is 4. The van der Waals surface area contributed by atoms with Gasteiger partial charge in [0.05, 0.1) is 5.37 Å². The summed E-state index contributed by atoms with van der Waals surface area (Å²) < 4.78 is 0. The molecule has 102 valence electrons. The van der Waals surface area contributed by atoms with E-state index < -0.39 is 0 Å². The predicted molar refractivity (Wildman–Crippen MR) is 75.3 cm³/mol. The number of fused-ring (bicyclic) bond motifs is 1. The van der Waals surface area contributed by atoms with Gasteiger partial charge in [0.2, 0.25) is 5.91 Å². The summed E-state index contributed by atoms with van der Waals surface area (Å²) in [7, 11) is 2.06. The topological polar surface area (TPSA) is 49.4 Å². The van der Waals surface area contributed by atoms with Crippen LogP contribution >= 0.6 is 11.8 Å². The van der Waals surface area contributed by atoms with E-state index in [1.807, 2.05) is 6.08 Å². The summed E-state index contributed by atoms with van der Waals surface area (Å²) in [6.45, 7) is 0.714. The highest BCUT2D eigenvalue weighted by Crippen LogP contribution is 2.43. The van der Waals surface area contributed by atoms with Crippen molar-refractivity contribution < 1.29 is 9.59 Å². The summed E-state index contributed by atoms with van der Waals surface area (Å²) in [5.41, 5.74) is 1.17. The van der Waals surface area contributed by atoms with Crippen LogP contribution in [0.3, 0.4) is 0 Å². The molecule has 0 bridgehead atoms. The third-order valence-corrected chi connectivity index (χ3v) is 5.16. The van der Waals surface area contributed by atoms with E-state index in [4.69, 9.17) is 0 Å². The van der Waals surface area contributed by atoms with Crippen molar-refractivity contribution in [3.05, 3.63) is 22.8 Å². The van der Waals surface area contributed by atoms with E-state index in [0.29, 0.717) is 18.3 Å². The molecule has 1 saturated heterocycles. The number of thioether (sulfide) groups is 1. The lowest BCUT2D eigenvalue weighted by Crippen LogP contribution is -2.31. The monoisotopic (exact) mass is 278 g/mol. The fourth-order valence-corrected chi connectivity index (χ4v) is 3.78. The van der Waals surface area contributed by atoms with Crippen LogP contribution in [-0.2, 0) is 9.59 Å². The molecule has 1 unspecified atom stereocenters. The van der Waals surface area contributed by atoms with E-state index in [1.165, 1.54) is 5.70 Å². The number of amides is 1. The average Bonchev–Trinajstić information content (AvgIpc) is 3.17. The molecule has 1 N–H and O–H groups in total. The van der Waals surface area contributed by atoms with Crippen LogP contribution in [0.4, 0.5) is 0 Å². The molecule has 1 amide bonds. The minimum atomic E-state index is 0.183. The van der Waals surface area contributed by atoms with Gasteiger partial charge in [-0.1, -0.05) is 17.8 Å². The van der Waals surface area contributed by atoms with E-state index >= 15 is 0 Å². The number of nitrogens with zero attached hydrogens (tertiary/aromatic N) is 1. The average molecular weight is 278 g/mol. The summed E-state index contributed by atoms with van der Waals surface area (Å²) >= 11 is 1.73. The molecule has 0 spiro atoms. The van der Waals surface area contributed by atoms with E-state index in [2.05, 4.69) is 17.3 Å². The highest BCUT2D eigenvalue weighted by Gasteiger charge is 2.33. The van der Waals surface area contributed by atoms with Crippen molar-refractivity contribution in [2.24, 2.45) is 5.92 Å². The summed E-state index contributed by atoms with van der Waals surface area (Å²) in [6.07, 6.45) is 7.27. The summed E-state index contributed by atoms with van der Waals surface area (Å²) in [4.78, 5) is 26.2. The highest BCUT2D eigenvalue weighted by molar-refractivity contribution is 8.04. The zero-order valence-corrected chi connectivity index (χ0v) is 11.8. The second-order valence-corrected chi connectivity index (χ2v) is 6.53. The maximum Gasteiger partial charge on any atom is 0.223 e. The van der Waals surface area contributed by atoms with Crippen LogP contribution < -0.4 is 5.32 Å². The second kappa shape index (κ2) is 5.04. The van der Waals surface area contributed by atoms with Crippen molar-refractivity contribution in [1.29, 1.82) is 0 Å². The lowest BCUT2D eigenvalue weighted by Gasteiger charge is -2.21. The summed E-state index contributed by atoms with van der Waals surface area (Å²) in [5.74, 6) is 0.665. The van der Waals surface area contributed by atoms with Crippen LogP contribution in [0.5, 0.6) is 0 Å². The van der Waals surface area contributed by atoms with Gasteiger partial charge in [0.15, 0.2) is 5.78 Å². The molecule has 3 aliphatic rings. The van der Waals surface area contributed by atoms with Gasteiger partial charge < -0.3 is 10.2 Å². The van der Waals surface area contributed by atoms with Crippen molar-refractivity contribution in [3.63, 3.8) is 0 Å². The molecule has 2 fully saturated rings. The molecule has 3 rings (SSSR count). The van der Waals surface area contributed by atoms with Gasteiger partial charge in [0.1, 0.15) is 0 Å². The number of hydrogen-bond donors (Lipinski definition) is 1. The molecular formula is C14H18N2O2S. The van der Waals surface area contributed by atoms with Crippen molar-refractivity contribution in [2.45, 2.75) is 31.1 Å². The van der Waals surface area contributed by atoms with Crippen molar-refractivity contribution in [3.8, 4) is 0 Å². The van der Waals surface area contributed by atoms with Crippen LogP contribution in [0.1, 0.15) is 25.7 Å². The van der Waals surface area contributed by atoms with Crippen molar-refractivity contribution in [1.82, 2.24) is 10.2 Å². The summed E-state index contributed by atoms with van der Waals surface area (Å²) in [5, 5.41) is 3.32. The van der Waals surface area contributed by atoms with E-state index in [1.54, 1.807) is 17.8 Å². The maximum atomic E-state index is 11.6. The van der Waals surface area contributed by atoms with Gasteiger partial charge in [0.25, 0.3) is 0 Å². The SMILES string of the molecule is CN1C2=CCC(=O)C=C2SC1CCNC(=O)C1CC1. The fraction of sp³-hybridized carbons (Fsp3) is 0.571. The Hall–Kier alpha value is -1.23. The third-order valence-electron chi connectivity index (χ3n) is 3.75. The number of nitrogens with one attached hydrogen (secondary N) is 1. The lowest BCUT2D eigenvalue weighted by molar-refractivity contribution is -0.122. The Balaban J connectivity index is 1.53. The van der Waals surface area contributed by atoms with Gasteiger partial charge in [-0.2, -0.15) is 0 Å². The van der Waals surface area contributed by atoms with Gasteiger partial charge in [-0.05, 0) is 25.3 Å². The van der Waals surface area contributed by atoms with Crippen LogP contribution in [0, 0.1) is 5.92 Å². The van der Waals surface area contributed by atoms with Gasteiger partial charge in [-0.3, -0.25) is 9.59 Å². The first-order valence-corrected chi connectivity index (χ1v) is 7.65. The number of hydrogen-bond acceptors (Lipinski definition) is 4. The number of allylic oxidation sites excluding steroid dienone is 2. The number of likely N-dealkylation sites (N-methyl/N-ethyl adjacent to an activating group) is 1. The lowest BCUT2D eigenvalue weighted by atomic mass is 10.1. The van der Waals surface area contributed by atoms with E-state index in [0.717, 1.165) is 24.2 Å². The largest absolute Gasteiger partial charge is 0.362 e. The Morgan fingerprint density at radius 2 is 2.32 bits per heavy atom. The highest BCUT2D eigenvalue weighted by atomic mass is 32.2. The van der Waals surface area contributed by atoms with E-state index in [9.17, 15) is 9.59 Å². The fourth-order valence-electron chi connectivity index (χ4n) is 2.43. The first-order chi connectivity index (χ1) is 9.15. The van der Waals surface area contributed by atoms with Gasteiger partial charge >= 0.3 is 0 Å². The Labute approximate surface area is 117 Å². The molecule has 0 radical (unpaired) electrons. The van der Waals surface area contributed by atoms with Gasteiger partial charge in [-0.15, -0.1) is 0 Å². The minimum absolute atomic E-state index is 0.183. The Morgan fingerprint density at radius 3 is 3.05 bits per heavy atom. The zero-order valence-electron chi connectivity index (χ0n) is 11.0. The molecule has 0 aromatic heterocycles. The zero-order chi connectivity index (χ0) is 13.4. The molecule has 0 aromatic rings. The summed E-state index contributed by atoms with van der Waals surface area (Å²) in [6, 6.07) is 0. The molecule has 1 atom stereocenters. The van der Waals surface area contributed by atoms with Gasteiger partial charge in [-0.25, -0.2) is 0 Å². The molecular weight excluding hydrogens is 260 g/mol. The molecule has 2 aliphatic carbocycles. The standard InChI is InChI=1S/C14H18N2O2S/c1-16-11-5-4-10(17)8-12(11)19-13(16)6-7-15-14(18)9-2-3-9/h5,8-9,13H,2-4,6-7H2,1H3,(H,15,18). The molecule has 0 aromatic carbocycles. The molecule has 1 aliphatic heterocycles. The maximum absolute atomic E-state index is 11.6. The van der Waals surface area contributed by atoms with Crippen molar-refractivity contribution in [2.75, 3.05) is 13.6 Å². The second-order valence-electron chi connectivity index (χ2n) is 5.31. The minimum Gasteiger partial charge on any atom is -0.362 e. The smallest absolute Gasteiger partial charge is 0.223 e. The third kappa shape index (κ3) is 2.71. The Morgan fingerprint density at radius 1 is 1.53 bits per heavy atom. The number of carbonyl (C=O) groups is 2. The van der Waals surface area contributed by atoms with Crippen LogP contribution in [0.15, 0.2) is 22.8 Å². The number of ketones is 1. The first kappa shape index (κ1) is 12.8. The Kier molecular flexibility index (Phi) is 3.39. The normalized spacial score (nSPS) is 25.8. The van der Waals surface area contributed by atoms with Crippen LogP contribution in [0.2, 0.25) is 0 Å². The Bertz CT molecular complexity index is 480. The molecule has 5 heteroatoms. The van der Waals surface area contributed by atoms with Gasteiger partial charge in [0, 0.05) is 36.5 Å². The molecule has 4 nitrogen and oxygen atoms in total. The first-order valence-electron chi connectivity index (χ1n) is 6.77. The quantitative estimate of drug-likeness (QED) is 0.849. The molecule has 1 heterocycles. The number of carbonyl (C=O) groups excluding carboxylic acids is 2. The molecule has 1 saturated carbocycles. The van der Waals surface area contributed by atoms with Crippen LogP contribution in [0.25, 0.3) is 0 Å².